The monoisotopic (exact) mass is 245 g/mol. The van der Waals surface area contributed by atoms with E-state index in [9.17, 15) is 8.78 Å². The second-order valence-corrected chi connectivity index (χ2v) is 4.68. The summed E-state index contributed by atoms with van der Waals surface area (Å²) in [5.74, 6) is 0.0136. The first kappa shape index (κ1) is 15.2. The molecule has 16 heavy (non-hydrogen) atoms. The van der Waals surface area contributed by atoms with Crippen molar-refractivity contribution in [3.8, 4) is 5.75 Å². The number of alkyl halides is 2. The molecule has 0 N–H and O–H groups in total. The topological polar surface area (TPSA) is 9.23 Å². The number of hydrogen-bond donors (Lipinski definition) is 0. The number of ether oxygens (including phenoxy) is 1. The van der Waals surface area contributed by atoms with Crippen LogP contribution in [0.1, 0.15) is 26.3 Å². The summed E-state index contributed by atoms with van der Waals surface area (Å²) in [7, 11) is 0. The molecule has 0 heterocycles. The molecular weight excluding hydrogens is 232 g/mol. The van der Waals surface area contributed by atoms with Crippen LogP contribution in [0.4, 0.5) is 8.78 Å². The number of halogens is 3. The van der Waals surface area contributed by atoms with Crippen LogP contribution in [0.25, 0.3) is 0 Å². The molecule has 0 aliphatic rings. The van der Waals surface area contributed by atoms with Gasteiger partial charge < -0.3 is 4.74 Å². The zero-order chi connectivity index (χ0) is 11.6. The van der Waals surface area contributed by atoms with Gasteiger partial charge in [0.25, 0.3) is 0 Å². The highest BCUT2D eigenvalue weighted by Gasteiger charge is 2.16. The second kappa shape index (κ2) is 5.53. The average molecular weight is 245 g/mol. The maximum Gasteiger partial charge on any atom is 0.387 e. The molecule has 0 aliphatic carbocycles. The molecule has 1 rings (SSSR count). The Morgan fingerprint density at radius 1 is 1.25 bits per heavy atom. The largest absolute Gasteiger partial charge is 0.433 e. The fraction of sp³-hybridized carbons (Fsp3) is 0.455. The molecule has 0 unspecified atom stereocenters. The van der Waals surface area contributed by atoms with Crippen molar-refractivity contribution in [3.63, 3.8) is 0 Å². The van der Waals surface area contributed by atoms with E-state index in [1.807, 2.05) is 20.8 Å². The summed E-state index contributed by atoms with van der Waals surface area (Å²) >= 11 is 5.82. The minimum atomic E-state index is -2.84. The standard InChI is InChI=1S/C11H13ClF2O.B/c1-11(2,3)7-4-5-9(8(12)6-7)15-10(13)14;/h4-6,10H,1-3H3;. The Morgan fingerprint density at radius 3 is 2.19 bits per heavy atom. The molecule has 0 spiro atoms. The molecule has 0 aromatic heterocycles. The SMILES string of the molecule is CC(C)(C)c1ccc(OC(F)F)c(Cl)c1.[B]. The van der Waals surface area contributed by atoms with E-state index in [1.54, 1.807) is 12.1 Å². The molecule has 0 fully saturated rings. The summed E-state index contributed by atoms with van der Waals surface area (Å²) in [5, 5.41) is 0.211. The lowest BCUT2D eigenvalue weighted by molar-refractivity contribution is -0.0497. The third kappa shape index (κ3) is 4.01. The number of hydrogen-bond acceptors (Lipinski definition) is 1. The van der Waals surface area contributed by atoms with Gasteiger partial charge in [-0.2, -0.15) is 8.78 Å². The second-order valence-electron chi connectivity index (χ2n) is 4.27. The van der Waals surface area contributed by atoms with E-state index in [4.69, 9.17) is 11.6 Å². The van der Waals surface area contributed by atoms with Crippen LogP contribution in [0, 0.1) is 0 Å². The molecule has 0 bridgehead atoms. The Morgan fingerprint density at radius 2 is 1.81 bits per heavy atom. The van der Waals surface area contributed by atoms with Gasteiger partial charge in [0.2, 0.25) is 0 Å². The summed E-state index contributed by atoms with van der Waals surface area (Å²) in [6.07, 6.45) is 0. The maximum atomic E-state index is 12.0. The molecule has 1 aromatic rings. The van der Waals surface area contributed by atoms with Crippen molar-refractivity contribution in [1.29, 1.82) is 0 Å². The molecule has 0 aliphatic heterocycles. The van der Waals surface area contributed by atoms with Gasteiger partial charge >= 0.3 is 6.61 Å². The fourth-order valence-corrected chi connectivity index (χ4v) is 1.38. The van der Waals surface area contributed by atoms with Gasteiger partial charge in [-0.15, -0.1) is 0 Å². The van der Waals surface area contributed by atoms with Crippen molar-refractivity contribution in [2.24, 2.45) is 0 Å². The van der Waals surface area contributed by atoms with Crippen molar-refractivity contribution >= 4 is 20.0 Å². The lowest BCUT2D eigenvalue weighted by atomic mass is 9.87. The fourth-order valence-electron chi connectivity index (χ4n) is 1.16. The summed E-state index contributed by atoms with van der Waals surface area (Å²) in [5.41, 5.74) is 0.918. The van der Waals surface area contributed by atoms with E-state index in [1.165, 1.54) is 6.07 Å². The predicted octanol–water partition coefficient (Wildman–Crippen LogP) is 3.86. The van der Waals surface area contributed by atoms with Crippen LogP contribution in [-0.4, -0.2) is 15.0 Å². The molecule has 1 aromatic carbocycles. The van der Waals surface area contributed by atoms with Crippen LogP contribution in [0.2, 0.25) is 5.02 Å². The Labute approximate surface area is 101 Å². The van der Waals surface area contributed by atoms with Gasteiger partial charge in [-0.3, -0.25) is 0 Å². The van der Waals surface area contributed by atoms with E-state index in [0.717, 1.165) is 5.56 Å². The molecular formula is C11H13BClF2O. The molecule has 0 saturated carbocycles. The number of rotatable bonds is 2. The highest BCUT2D eigenvalue weighted by Crippen LogP contribution is 2.31. The van der Waals surface area contributed by atoms with Crippen LogP contribution in [-0.2, 0) is 5.41 Å². The van der Waals surface area contributed by atoms with Crippen molar-refractivity contribution in [2.45, 2.75) is 32.8 Å². The molecule has 1 nitrogen and oxygen atoms in total. The molecule has 3 radical (unpaired) electrons. The van der Waals surface area contributed by atoms with Crippen molar-refractivity contribution in [2.75, 3.05) is 0 Å². The maximum absolute atomic E-state index is 12.0. The van der Waals surface area contributed by atoms with Crippen molar-refractivity contribution in [1.82, 2.24) is 0 Å². The quantitative estimate of drug-likeness (QED) is 0.719. The minimum Gasteiger partial charge on any atom is -0.433 e. The zero-order valence-corrected chi connectivity index (χ0v) is 10.2. The van der Waals surface area contributed by atoms with Gasteiger partial charge in [0.1, 0.15) is 5.75 Å². The first-order valence-electron chi connectivity index (χ1n) is 4.55. The summed E-state index contributed by atoms with van der Waals surface area (Å²) in [4.78, 5) is 0. The average Bonchev–Trinajstić information content (AvgIpc) is 2.05. The number of benzene rings is 1. The van der Waals surface area contributed by atoms with E-state index < -0.39 is 6.61 Å². The first-order chi connectivity index (χ1) is 6.80. The Bertz CT molecular complexity index is 350. The molecule has 0 saturated heterocycles. The minimum absolute atomic E-state index is 0. The normalized spacial score (nSPS) is 11.2. The van der Waals surface area contributed by atoms with Gasteiger partial charge in [-0.05, 0) is 23.1 Å². The third-order valence-corrected chi connectivity index (χ3v) is 2.31. The summed E-state index contributed by atoms with van der Waals surface area (Å²) in [6, 6.07) is 4.86. The summed E-state index contributed by atoms with van der Waals surface area (Å²) in [6.45, 7) is 3.22. The molecule has 87 valence electrons. The lowest BCUT2D eigenvalue weighted by Crippen LogP contribution is -2.11. The molecule has 0 atom stereocenters. The smallest absolute Gasteiger partial charge is 0.387 e. The van der Waals surface area contributed by atoms with E-state index in [0.29, 0.717) is 0 Å². The van der Waals surface area contributed by atoms with Crippen LogP contribution in [0.15, 0.2) is 18.2 Å². The van der Waals surface area contributed by atoms with Crippen LogP contribution >= 0.6 is 11.6 Å². The Hall–Kier alpha value is -0.765. The highest BCUT2D eigenvalue weighted by molar-refractivity contribution is 6.32. The Balaban J connectivity index is 0.00000225. The van der Waals surface area contributed by atoms with Gasteiger partial charge in [0.15, 0.2) is 0 Å². The van der Waals surface area contributed by atoms with Gasteiger partial charge in [0, 0.05) is 8.41 Å². The van der Waals surface area contributed by atoms with Crippen molar-refractivity contribution < 1.29 is 13.5 Å². The van der Waals surface area contributed by atoms with Gasteiger partial charge in [0.05, 0.1) is 5.02 Å². The predicted molar refractivity (Wildman–Crippen MR) is 62.5 cm³/mol. The van der Waals surface area contributed by atoms with Crippen LogP contribution in [0.3, 0.4) is 0 Å². The summed E-state index contributed by atoms with van der Waals surface area (Å²) < 4.78 is 28.2. The lowest BCUT2D eigenvalue weighted by Gasteiger charge is -2.19. The van der Waals surface area contributed by atoms with Gasteiger partial charge in [-0.1, -0.05) is 38.4 Å². The zero-order valence-electron chi connectivity index (χ0n) is 9.43. The van der Waals surface area contributed by atoms with Crippen LogP contribution < -0.4 is 4.74 Å². The first-order valence-corrected chi connectivity index (χ1v) is 4.93. The van der Waals surface area contributed by atoms with E-state index in [-0.39, 0.29) is 24.6 Å². The van der Waals surface area contributed by atoms with E-state index in [2.05, 4.69) is 4.74 Å². The van der Waals surface area contributed by atoms with E-state index >= 15 is 0 Å². The van der Waals surface area contributed by atoms with Crippen molar-refractivity contribution in [3.05, 3.63) is 28.8 Å². The highest BCUT2D eigenvalue weighted by atomic mass is 35.5. The third-order valence-electron chi connectivity index (χ3n) is 2.01. The van der Waals surface area contributed by atoms with Gasteiger partial charge in [-0.25, -0.2) is 0 Å². The van der Waals surface area contributed by atoms with Crippen LogP contribution in [0.5, 0.6) is 5.75 Å². The molecule has 0 amide bonds. The Kier molecular flexibility index (Phi) is 5.27. The molecule has 5 heteroatoms.